The summed E-state index contributed by atoms with van der Waals surface area (Å²) in [6.45, 7) is 4.43. The number of carbonyl (C=O) groups excluding carboxylic acids is 2. The van der Waals surface area contributed by atoms with E-state index in [2.05, 4.69) is 15.4 Å². The molecule has 11 heteroatoms. The third-order valence-electron chi connectivity index (χ3n) is 4.41. The van der Waals surface area contributed by atoms with Gasteiger partial charge in [-0.1, -0.05) is 21.6 Å². The van der Waals surface area contributed by atoms with Gasteiger partial charge in [0.2, 0.25) is 5.91 Å². The number of benzene rings is 1. The van der Waals surface area contributed by atoms with Crippen LogP contribution in [0.3, 0.4) is 0 Å². The van der Waals surface area contributed by atoms with Gasteiger partial charge in [-0.05, 0) is 32.9 Å². The molecule has 1 radical (unpaired) electrons. The molecular weight excluding hydrogens is 420 g/mol. The van der Waals surface area contributed by atoms with Gasteiger partial charge >= 0.3 is 6.09 Å². The van der Waals surface area contributed by atoms with Crippen LogP contribution in [-0.2, 0) is 16.1 Å². The van der Waals surface area contributed by atoms with Crippen molar-refractivity contribution in [2.24, 2.45) is 5.10 Å². The zero-order chi connectivity index (χ0) is 22.1. The molecule has 2 aliphatic rings. The fourth-order valence-electron chi connectivity index (χ4n) is 3.06. The average Bonchev–Trinajstić information content (AvgIpc) is 3.32. The van der Waals surface area contributed by atoms with Gasteiger partial charge in [-0.2, -0.15) is 0 Å². The number of rotatable bonds is 4. The van der Waals surface area contributed by atoms with Crippen LogP contribution in [0.25, 0.3) is 0 Å². The molecule has 1 aromatic rings. The first-order valence-corrected chi connectivity index (χ1v) is 9.68. The maximum absolute atomic E-state index is 15.0. The van der Waals surface area contributed by atoms with E-state index >= 15 is 0 Å². The molecule has 0 bridgehead atoms. The van der Waals surface area contributed by atoms with Crippen molar-refractivity contribution in [3.8, 4) is 0 Å². The number of amides is 2. The minimum atomic E-state index is -1.21. The second-order valence-electron chi connectivity index (χ2n) is 7.90. The van der Waals surface area contributed by atoms with Gasteiger partial charge in [0.15, 0.2) is 0 Å². The molecule has 161 valence electrons. The minimum Gasteiger partial charge on any atom is -0.443 e. The van der Waals surface area contributed by atoms with Crippen LogP contribution in [-0.4, -0.2) is 53.9 Å². The van der Waals surface area contributed by atoms with Crippen LogP contribution in [0.15, 0.2) is 17.2 Å². The second-order valence-corrected chi connectivity index (χ2v) is 8.30. The van der Waals surface area contributed by atoms with Gasteiger partial charge in [-0.15, -0.1) is 0 Å². The number of hydrazone groups is 1. The molecule has 2 aliphatic heterocycles. The number of ether oxygens (including phenoxy) is 1. The minimum absolute atomic E-state index is 0.00566. The highest BCUT2D eigenvalue weighted by Gasteiger charge is 2.38. The number of nitrogens with zero attached hydrogens (tertiary/aromatic N) is 4. The summed E-state index contributed by atoms with van der Waals surface area (Å²) in [6.07, 6.45) is 0.328. The second kappa shape index (κ2) is 8.65. The highest BCUT2D eigenvalue weighted by molar-refractivity contribution is 6.31. The van der Waals surface area contributed by atoms with Crippen LogP contribution in [0, 0.1) is 5.82 Å². The van der Waals surface area contributed by atoms with Gasteiger partial charge in [0.25, 0.3) is 12.7 Å². The first-order valence-electron chi connectivity index (χ1n) is 9.30. The average molecular weight is 442 g/mol. The van der Waals surface area contributed by atoms with Crippen molar-refractivity contribution >= 4 is 42.0 Å². The van der Waals surface area contributed by atoms with Crippen molar-refractivity contribution in [2.75, 3.05) is 11.6 Å². The Labute approximate surface area is 177 Å². The molecule has 8 nitrogen and oxygen atoms in total. The lowest BCUT2D eigenvalue weighted by molar-refractivity contribution is -0.132. The Morgan fingerprint density at radius 3 is 2.73 bits per heavy atom. The molecule has 3 rings (SSSR count). The molecule has 0 unspecified atom stereocenters. The SMILES string of the molecule is CC(C)(C)OC(=O)N(Cc1c(N2C=[N+]C=N2)ccc(Cl)c1F)C(=O)[C@@H]1C[C@@H](F)CN1. The lowest BCUT2D eigenvalue weighted by Gasteiger charge is -2.28. The Kier molecular flexibility index (Phi) is 6.37. The first kappa shape index (κ1) is 22.1. The lowest BCUT2D eigenvalue weighted by Crippen LogP contribution is -2.48. The van der Waals surface area contributed by atoms with Gasteiger partial charge in [0, 0.05) is 18.1 Å². The lowest BCUT2D eigenvalue weighted by atomic mass is 10.1. The van der Waals surface area contributed by atoms with E-state index in [1.165, 1.54) is 29.8 Å². The summed E-state index contributed by atoms with van der Waals surface area (Å²) in [4.78, 5) is 30.4. The summed E-state index contributed by atoms with van der Waals surface area (Å²) < 4.78 is 33.9. The zero-order valence-electron chi connectivity index (χ0n) is 16.7. The Balaban J connectivity index is 1.97. The fraction of sp³-hybridized carbons (Fsp3) is 0.474. The summed E-state index contributed by atoms with van der Waals surface area (Å²) in [5.74, 6) is -1.53. The van der Waals surface area contributed by atoms with Gasteiger partial charge < -0.3 is 10.1 Å². The Morgan fingerprint density at radius 1 is 1.43 bits per heavy atom. The molecule has 2 heterocycles. The predicted molar refractivity (Wildman–Crippen MR) is 109 cm³/mol. The highest BCUT2D eigenvalue weighted by Crippen LogP contribution is 2.31. The van der Waals surface area contributed by atoms with Crippen LogP contribution in [0.2, 0.25) is 5.02 Å². The zero-order valence-corrected chi connectivity index (χ0v) is 17.5. The molecule has 1 fully saturated rings. The van der Waals surface area contributed by atoms with Crippen molar-refractivity contribution < 1.29 is 23.1 Å². The largest absolute Gasteiger partial charge is 0.443 e. The third-order valence-corrected chi connectivity index (χ3v) is 4.70. The number of nitrogens with one attached hydrogen (secondary N) is 1. The highest BCUT2D eigenvalue weighted by atomic mass is 35.5. The number of imide groups is 1. The molecule has 2 amide bonds. The van der Waals surface area contributed by atoms with E-state index in [1.807, 2.05) is 0 Å². The summed E-state index contributed by atoms with van der Waals surface area (Å²) in [5, 5.41) is 7.82. The Bertz CT molecular complexity index is 891. The van der Waals surface area contributed by atoms with E-state index in [9.17, 15) is 18.4 Å². The van der Waals surface area contributed by atoms with E-state index in [0.29, 0.717) is 0 Å². The molecule has 1 aromatic carbocycles. The number of carbonyl (C=O) groups is 2. The van der Waals surface area contributed by atoms with Crippen molar-refractivity contribution in [3.05, 3.63) is 28.5 Å². The summed E-state index contributed by atoms with van der Waals surface area (Å²) in [6, 6.07) is 1.91. The standard InChI is InChI=1S/C19H22ClF2N5O3/c1-19(2,3)30-18(29)26(17(28)14-6-11(21)7-24-14)8-12-15(27-10-23-9-25-27)5-4-13(20)16(12)22/h4-5,9-11,14,24H,6-8H2,1-3H3/q+1/t11-,14+/m1/s1. The van der Waals surface area contributed by atoms with E-state index in [1.54, 1.807) is 20.8 Å². The summed E-state index contributed by atoms with van der Waals surface area (Å²) >= 11 is 5.94. The van der Waals surface area contributed by atoms with Crippen LogP contribution >= 0.6 is 11.6 Å². The van der Waals surface area contributed by atoms with E-state index in [-0.39, 0.29) is 29.2 Å². The van der Waals surface area contributed by atoms with Gasteiger partial charge in [0.1, 0.15) is 23.3 Å². The first-order chi connectivity index (χ1) is 14.1. The summed E-state index contributed by atoms with van der Waals surface area (Å²) in [5.41, 5.74) is -0.705. The van der Waals surface area contributed by atoms with Crippen molar-refractivity contribution in [1.82, 2.24) is 15.2 Å². The molecule has 0 aromatic heterocycles. The molecule has 0 aliphatic carbocycles. The predicted octanol–water partition coefficient (Wildman–Crippen LogP) is 2.57. The van der Waals surface area contributed by atoms with Crippen LogP contribution in [0.5, 0.6) is 0 Å². The smallest absolute Gasteiger partial charge is 0.417 e. The molecule has 1 saturated heterocycles. The molecular formula is C19H22ClF2N5O3+. The topological polar surface area (TPSA) is 88.3 Å². The third kappa shape index (κ3) is 4.93. The van der Waals surface area contributed by atoms with Crippen LogP contribution in [0.4, 0.5) is 19.3 Å². The van der Waals surface area contributed by atoms with Gasteiger partial charge in [-0.25, -0.2) is 18.5 Å². The molecule has 2 atom stereocenters. The van der Waals surface area contributed by atoms with Crippen molar-refractivity contribution in [2.45, 2.75) is 51.6 Å². The molecule has 1 N–H and O–H groups in total. The number of halogens is 3. The maximum Gasteiger partial charge on any atom is 0.417 e. The number of hydrogen-bond donors (Lipinski definition) is 1. The quantitative estimate of drug-likeness (QED) is 0.775. The van der Waals surface area contributed by atoms with Crippen molar-refractivity contribution in [3.63, 3.8) is 0 Å². The van der Waals surface area contributed by atoms with Crippen LogP contribution in [0.1, 0.15) is 32.8 Å². The fourth-order valence-corrected chi connectivity index (χ4v) is 3.23. The van der Waals surface area contributed by atoms with Crippen LogP contribution < -0.4 is 15.3 Å². The molecule has 30 heavy (non-hydrogen) atoms. The maximum atomic E-state index is 15.0. The summed E-state index contributed by atoms with van der Waals surface area (Å²) in [7, 11) is 0. The number of anilines is 1. The number of alkyl halides is 1. The molecule has 0 saturated carbocycles. The molecule has 0 spiro atoms. The number of aliphatic imine (C=N–C) groups is 1. The normalized spacial score (nSPS) is 20.7. The van der Waals surface area contributed by atoms with E-state index in [0.717, 1.165) is 4.90 Å². The van der Waals surface area contributed by atoms with E-state index in [4.69, 9.17) is 16.3 Å². The Morgan fingerprint density at radius 2 is 2.17 bits per heavy atom. The van der Waals surface area contributed by atoms with Gasteiger partial charge in [-0.3, -0.25) is 4.79 Å². The van der Waals surface area contributed by atoms with E-state index < -0.39 is 42.2 Å². The Hall–Kier alpha value is -2.59. The van der Waals surface area contributed by atoms with Gasteiger partial charge in [0.05, 0.1) is 23.2 Å². The van der Waals surface area contributed by atoms with Crippen molar-refractivity contribution in [1.29, 1.82) is 0 Å². The monoisotopic (exact) mass is 441 g/mol. The number of hydrogen-bond acceptors (Lipinski definition) is 7.